The summed E-state index contributed by atoms with van der Waals surface area (Å²) in [6.07, 6.45) is 8.80. The smallest absolute Gasteiger partial charge is 0.140 e. The largest absolute Gasteiger partial charge is 0.485 e. The fourth-order valence-corrected chi connectivity index (χ4v) is 9.07. The number of ether oxygens (including phenoxy) is 1. The van der Waals surface area contributed by atoms with Crippen molar-refractivity contribution >= 4 is 96.2 Å². The standard InChI is InChI=1S/C40H30B4OS/c41-26-14-16-28(43)39-35(40-29(44)17-15-27(42)38(40)34(37(26)39)21-7-2-1-3-8-21)22-13-18-32-23(19-22)20-33(46-32)25-10-6-12-31-36(25)24-9-4-5-11-30(24)45-31/h1-20,24,30H,41-44H2. The Morgan fingerprint density at radius 2 is 1.20 bits per heavy atom. The van der Waals surface area contributed by atoms with E-state index in [4.69, 9.17) is 4.74 Å². The van der Waals surface area contributed by atoms with Crippen molar-refractivity contribution in [3.8, 4) is 38.4 Å². The summed E-state index contributed by atoms with van der Waals surface area (Å²) in [7, 11) is 9.09. The first kappa shape index (κ1) is 27.6. The van der Waals surface area contributed by atoms with Crippen LogP contribution in [0.25, 0.3) is 64.3 Å². The topological polar surface area (TPSA) is 9.23 Å². The van der Waals surface area contributed by atoms with Crippen LogP contribution in [-0.2, 0) is 0 Å². The summed E-state index contributed by atoms with van der Waals surface area (Å²) in [6, 6.07) is 36.2. The molecular formula is C40H30B4OS. The van der Waals surface area contributed by atoms with Crippen molar-refractivity contribution in [2.75, 3.05) is 0 Å². The minimum Gasteiger partial charge on any atom is -0.485 e. The molecule has 1 nitrogen and oxygen atoms in total. The molecule has 0 amide bonds. The number of thiophene rings is 1. The van der Waals surface area contributed by atoms with E-state index in [0.717, 1.165) is 5.75 Å². The van der Waals surface area contributed by atoms with Crippen molar-refractivity contribution in [3.05, 3.63) is 127 Å². The number of fused-ring (bicyclic) bond motifs is 6. The highest BCUT2D eigenvalue weighted by atomic mass is 32.1. The molecule has 1 aromatic heterocycles. The molecule has 0 radical (unpaired) electrons. The van der Waals surface area contributed by atoms with Gasteiger partial charge in [-0.25, -0.2) is 0 Å². The zero-order chi connectivity index (χ0) is 31.1. The van der Waals surface area contributed by atoms with Gasteiger partial charge in [-0.05, 0) is 85.1 Å². The summed E-state index contributed by atoms with van der Waals surface area (Å²) >= 11 is 1.88. The van der Waals surface area contributed by atoms with Crippen LogP contribution in [0.2, 0.25) is 0 Å². The number of hydrogen-bond acceptors (Lipinski definition) is 2. The predicted molar refractivity (Wildman–Crippen MR) is 211 cm³/mol. The van der Waals surface area contributed by atoms with Gasteiger partial charge in [-0.3, -0.25) is 0 Å². The van der Waals surface area contributed by atoms with Crippen LogP contribution < -0.4 is 26.6 Å². The van der Waals surface area contributed by atoms with Crippen LogP contribution in [0.3, 0.4) is 0 Å². The maximum absolute atomic E-state index is 6.36. The molecule has 6 aromatic carbocycles. The summed E-state index contributed by atoms with van der Waals surface area (Å²) in [5.74, 6) is 1.27. The lowest BCUT2D eigenvalue weighted by atomic mass is 9.71. The molecule has 0 saturated heterocycles. The zero-order valence-corrected chi connectivity index (χ0v) is 27.3. The molecule has 0 N–H and O–H groups in total. The minimum atomic E-state index is 0.0842. The second kappa shape index (κ2) is 10.4. The van der Waals surface area contributed by atoms with Crippen molar-refractivity contribution in [3.63, 3.8) is 0 Å². The van der Waals surface area contributed by atoms with E-state index in [0.29, 0.717) is 0 Å². The fourth-order valence-electron chi connectivity index (χ4n) is 7.99. The van der Waals surface area contributed by atoms with E-state index in [-0.39, 0.29) is 12.0 Å². The van der Waals surface area contributed by atoms with Crippen LogP contribution in [0.5, 0.6) is 5.75 Å². The monoisotopic (exact) mass is 602 g/mol. The molecule has 1 aliphatic heterocycles. The molecule has 214 valence electrons. The molecule has 0 saturated carbocycles. The molecule has 0 spiro atoms. The van der Waals surface area contributed by atoms with Crippen molar-refractivity contribution in [1.82, 2.24) is 0 Å². The Balaban J connectivity index is 1.31. The first-order valence-corrected chi connectivity index (χ1v) is 17.0. The molecule has 2 heterocycles. The summed E-state index contributed by atoms with van der Waals surface area (Å²) in [6.45, 7) is 0. The van der Waals surface area contributed by atoms with Gasteiger partial charge < -0.3 is 4.74 Å². The molecule has 46 heavy (non-hydrogen) atoms. The number of allylic oxidation sites excluding steroid dienone is 2. The summed E-state index contributed by atoms with van der Waals surface area (Å²) in [5.41, 5.74) is 13.1. The molecule has 1 aliphatic carbocycles. The third-order valence-electron chi connectivity index (χ3n) is 10.1. The Hall–Kier alpha value is -4.66. The van der Waals surface area contributed by atoms with Crippen LogP contribution in [0.15, 0.2) is 121 Å². The Bertz CT molecular complexity index is 2390. The van der Waals surface area contributed by atoms with Crippen LogP contribution in [0.4, 0.5) is 0 Å². The number of hydrogen-bond donors (Lipinski definition) is 0. The van der Waals surface area contributed by atoms with E-state index in [1.807, 2.05) is 11.3 Å². The van der Waals surface area contributed by atoms with Crippen LogP contribution >= 0.6 is 11.3 Å². The van der Waals surface area contributed by atoms with Crippen molar-refractivity contribution < 1.29 is 4.74 Å². The molecule has 2 atom stereocenters. The van der Waals surface area contributed by atoms with Gasteiger partial charge in [-0.15, -0.1) is 11.3 Å². The average Bonchev–Trinajstić information content (AvgIpc) is 3.69. The van der Waals surface area contributed by atoms with Gasteiger partial charge in [-0.2, -0.15) is 0 Å². The van der Waals surface area contributed by atoms with Gasteiger partial charge >= 0.3 is 0 Å². The molecule has 2 unspecified atom stereocenters. The SMILES string of the molecule is Bc1ccc(B)c2c(-c3ccc4sc(-c5cccc6c5C5C=CC=CC5O6)cc4c3)c3c(B)ccc(B)c3c(-c3ccccc3)c12. The quantitative estimate of drug-likeness (QED) is 0.218. The Morgan fingerprint density at radius 1 is 0.565 bits per heavy atom. The van der Waals surface area contributed by atoms with Crippen LogP contribution in [0.1, 0.15) is 11.5 Å². The molecule has 0 bridgehead atoms. The van der Waals surface area contributed by atoms with Gasteiger partial charge in [0, 0.05) is 21.1 Å². The second-order valence-electron chi connectivity index (χ2n) is 13.0. The van der Waals surface area contributed by atoms with Crippen molar-refractivity contribution in [2.24, 2.45) is 0 Å². The number of rotatable bonds is 3. The fraction of sp³-hybridized carbons (Fsp3) is 0.0500. The first-order chi connectivity index (χ1) is 22.5. The summed E-state index contributed by atoms with van der Waals surface area (Å²) in [4.78, 5) is 1.30. The van der Waals surface area contributed by atoms with Gasteiger partial charge in [0.05, 0.1) is 0 Å². The maximum Gasteiger partial charge on any atom is 0.140 e. The summed E-state index contributed by atoms with van der Waals surface area (Å²) in [5, 5.41) is 6.72. The highest BCUT2D eigenvalue weighted by Crippen LogP contribution is 2.49. The lowest BCUT2D eigenvalue weighted by molar-refractivity contribution is 0.269. The Morgan fingerprint density at radius 3 is 1.87 bits per heavy atom. The highest BCUT2D eigenvalue weighted by molar-refractivity contribution is 7.22. The van der Waals surface area contributed by atoms with Gasteiger partial charge in [0.15, 0.2) is 0 Å². The molecular weight excluding hydrogens is 572 g/mol. The maximum atomic E-state index is 6.36. The van der Waals surface area contributed by atoms with E-state index >= 15 is 0 Å². The molecule has 6 heteroatoms. The van der Waals surface area contributed by atoms with Crippen molar-refractivity contribution in [2.45, 2.75) is 12.0 Å². The highest BCUT2D eigenvalue weighted by Gasteiger charge is 2.34. The zero-order valence-electron chi connectivity index (χ0n) is 26.5. The molecule has 2 aliphatic rings. The lowest BCUT2D eigenvalue weighted by Gasteiger charge is -2.23. The second-order valence-corrected chi connectivity index (χ2v) is 14.1. The van der Waals surface area contributed by atoms with Gasteiger partial charge in [-0.1, -0.05) is 113 Å². The van der Waals surface area contributed by atoms with Gasteiger partial charge in [0.1, 0.15) is 43.2 Å². The normalized spacial score (nSPS) is 16.6. The average molecular weight is 602 g/mol. The van der Waals surface area contributed by atoms with E-state index in [2.05, 4.69) is 153 Å². The van der Waals surface area contributed by atoms with E-state index in [1.54, 1.807) is 0 Å². The molecule has 7 aromatic rings. The van der Waals surface area contributed by atoms with Gasteiger partial charge in [0.2, 0.25) is 0 Å². The summed E-state index contributed by atoms with van der Waals surface area (Å²) < 4.78 is 7.66. The minimum absolute atomic E-state index is 0.0842. The lowest BCUT2D eigenvalue weighted by Crippen LogP contribution is -2.20. The first-order valence-electron chi connectivity index (χ1n) is 16.2. The molecule has 0 fully saturated rings. The van der Waals surface area contributed by atoms with Gasteiger partial charge in [0.25, 0.3) is 0 Å². The van der Waals surface area contributed by atoms with E-state index in [1.165, 1.54) is 91.7 Å². The third kappa shape index (κ3) is 4.06. The Labute approximate surface area is 277 Å². The third-order valence-corrected chi connectivity index (χ3v) is 11.3. The molecule has 9 rings (SSSR count). The number of benzene rings is 6. The predicted octanol–water partition coefficient (Wildman–Crippen LogP) is 4.21. The van der Waals surface area contributed by atoms with Crippen molar-refractivity contribution in [1.29, 1.82) is 0 Å². The Kier molecular flexibility index (Phi) is 6.27. The van der Waals surface area contributed by atoms with E-state index < -0.39 is 0 Å². The van der Waals surface area contributed by atoms with E-state index in [9.17, 15) is 0 Å². The van der Waals surface area contributed by atoms with Crippen LogP contribution in [-0.4, -0.2) is 37.5 Å². The van der Waals surface area contributed by atoms with Crippen LogP contribution in [0, 0.1) is 0 Å².